The molecule has 0 aliphatic carbocycles. The molecule has 0 spiro atoms. The number of carbonyl (C=O) groups is 2. The number of halogens is 1. The number of rotatable bonds is 4. The fraction of sp³-hybridized carbons (Fsp3) is 0.429. The molecule has 0 unspecified atom stereocenters. The van der Waals surface area contributed by atoms with Gasteiger partial charge in [0.05, 0.1) is 6.04 Å². The zero-order valence-corrected chi connectivity index (χ0v) is 12.0. The summed E-state index contributed by atoms with van der Waals surface area (Å²) in [7, 11) is 0. The highest BCUT2D eigenvalue weighted by Crippen LogP contribution is 2.18. The molecule has 5 nitrogen and oxygen atoms in total. The van der Waals surface area contributed by atoms with E-state index in [0.717, 1.165) is 12.0 Å². The molecule has 1 aliphatic rings. The molecular formula is C14H20ClN3O2. The van der Waals surface area contributed by atoms with Crippen molar-refractivity contribution in [3.05, 3.63) is 35.9 Å². The van der Waals surface area contributed by atoms with E-state index in [1.165, 1.54) is 4.90 Å². The molecule has 20 heavy (non-hydrogen) atoms. The lowest BCUT2D eigenvalue weighted by atomic mass is 10.1. The number of benzene rings is 1. The van der Waals surface area contributed by atoms with Gasteiger partial charge in [-0.15, -0.1) is 12.4 Å². The van der Waals surface area contributed by atoms with Gasteiger partial charge in [-0.2, -0.15) is 0 Å². The first-order valence-electron chi connectivity index (χ1n) is 6.49. The van der Waals surface area contributed by atoms with Gasteiger partial charge in [-0.05, 0) is 24.8 Å². The molecule has 1 heterocycles. The van der Waals surface area contributed by atoms with Gasteiger partial charge in [0.2, 0.25) is 11.8 Å². The fourth-order valence-electron chi connectivity index (χ4n) is 2.49. The molecule has 0 saturated carbocycles. The number of nitrogens with two attached hydrogens (primary N) is 2. The van der Waals surface area contributed by atoms with Crippen molar-refractivity contribution in [1.29, 1.82) is 0 Å². The quantitative estimate of drug-likeness (QED) is 0.846. The maximum atomic E-state index is 12.3. The number of primary amides is 1. The van der Waals surface area contributed by atoms with Gasteiger partial charge in [0.1, 0.15) is 6.04 Å². The van der Waals surface area contributed by atoms with Crippen LogP contribution in [-0.2, 0) is 16.0 Å². The van der Waals surface area contributed by atoms with Crippen molar-refractivity contribution in [1.82, 2.24) is 4.90 Å². The van der Waals surface area contributed by atoms with Crippen LogP contribution in [0.15, 0.2) is 30.3 Å². The predicted octanol–water partition coefficient (Wildman–Crippen LogP) is 0.455. The van der Waals surface area contributed by atoms with Gasteiger partial charge in [0.25, 0.3) is 0 Å². The highest BCUT2D eigenvalue weighted by molar-refractivity contribution is 5.89. The predicted molar refractivity (Wildman–Crippen MR) is 79.3 cm³/mol. The number of likely N-dealkylation sites (tertiary alicyclic amines) is 1. The Hall–Kier alpha value is -1.59. The zero-order valence-electron chi connectivity index (χ0n) is 11.2. The van der Waals surface area contributed by atoms with E-state index in [0.29, 0.717) is 19.4 Å². The lowest BCUT2D eigenvalue weighted by Gasteiger charge is -2.25. The normalized spacial score (nSPS) is 19.2. The summed E-state index contributed by atoms with van der Waals surface area (Å²) in [6.07, 6.45) is 1.91. The molecule has 6 heteroatoms. The van der Waals surface area contributed by atoms with Crippen LogP contribution in [0.2, 0.25) is 0 Å². The monoisotopic (exact) mass is 297 g/mol. The van der Waals surface area contributed by atoms with Gasteiger partial charge in [-0.3, -0.25) is 9.59 Å². The van der Waals surface area contributed by atoms with Crippen LogP contribution in [0.3, 0.4) is 0 Å². The Morgan fingerprint density at radius 3 is 2.55 bits per heavy atom. The van der Waals surface area contributed by atoms with Crippen LogP contribution in [0, 0.1) is 0 Å². The Labute approximate surface area is 124 Å². The van der Waals surface area contributed by atoms with Crippen molar-refractivity contribution in [2.24, 2.45) is 11.5 Å². The van der Waals surface area contributed by atoms with E-state index in [2.05, 4.69) is 0 Å². The van der Waals surface area contributed by atoms with Crippen molar-refractivity contribution in [3.8, 4) is 0 Å². The van der Waals surface area contributed by atoms with Crippen molar-refractivity contribution in [2.45, 2.75) is 31.3 Å². The van der Waals surface area contributed by atoms with E-state index in [1.807, 2.05) is 30.3 Å². The van der Waals surface area contributed by atoms with Crippen molar-refractivity contribution >= 4 is 24.2 Å². The van der Waals surface area contributed by atoms with Crippen molar-refractivity contribution in [3.63, 3.8) is 0 Å². The van der Waals surface area contributed by atoms with E-state index in [-0.39, 0.29) is 18.3 Å². The zero-order chi connectivity index (χ0) is 13.8. The van der Waals surface area contributed by atoms with Gasteiger partial charge < -0.3 is 16.4 Å². The third-order valence-electron chi connectivity index (χ3n) is 3.48. The first kappa shape index (κ1) is 16.5. The van der Waals surface area contributed by atoms with E-state index in [9.17, 15) is 9.59 Å². The number of hydrogen-bond donors (Lipinski definition) is 2. The van der Waals surface area contributed by atoms with Crippen LogP contribution in [0.25, 0.3) is 0 Å². The van der Waals surface area contributed by atoms with E-state index in [1.54, 1.807) is 0 Å². The second-order valence-corrected chi connectivity index (χ2v) is 4.89. The van der Waals surface area contributed by atoms with Crippen LogP contribution in [0.4, 0.5) is 0 Å². The average molecular weight is 298 g/mol. The Morgan fingerprint density at radius 1 is 1.30 bits per heavy atom. The van der Waals surface area contributed by atoms with Gasteiger partial charge in [-0.25, -0.2) is 0 Å². The molecule has 1 saturated heterocycles. The van der Waals surface area contributed by atoms with Crippen LogP contribution >= 0.6 is 12.4 Å². The molecular weight excluding hydrogens is 278 g/mol. The summed E-state index contributed by atoms with van der Waals surface area (Å²) in [5.41, 5.74) is 12.3. The summed E-state index contributed by atoms with van der Waals surface area (Å²) in [5.74, 6) is -0.636. The lowest BCUT2D eigenvalue weighted by Crippen LogP contribution is -2.50. The SMILES string of the molecule is Cl.NC(=O)[C@@H]1CCCN1C(=O)[C@@H](N)Cc1ccccc1. The van der Waals surface area contributed by atoms with Gasteiger partial charge in [0.15, 0.2) is 0 Å². The maximum absolute atomic E-state index is 12.3. The minimum Gasteiger partial charge on any atom is -0.368 e. The van der Waals surface area contributed by atoms with Gasteiger partial charge in [-0.1, -0.05) is 30.3 Å². The van der Waals surface area contributed by atoms with Crippen LogP contribution < -0.4 is 11.5 Å². The third-order valence-corrected chi connectivity index (χ3v) is 3.48. The smallest absolute Gasteiger partial charge is 0.240 e. The second kappa shape index (κ2) is 7.26. The second-order valence-electron chi connectivity index (χ2n) is 4.89. The molecule has 1 aromatic carbocycles. The molecule has 2 rings (SSSR count). The lowest BCUT2D eigenvalue weighted by molar-refractivity contribution is -0.138. The molecule has 4 N–H and O–H groups in total. The summed E-state index contributed by atoms with van der Waals surface area (Å²) >= 11 is 0. The Morgan fingerprint density at radius 2 is 1.95 bits per heavy atom. The summed E-state index contributed by atoms with van der Waals surface area (Å²) in [6.45, 7) is 0.564. The summed E-state index contributed by atoms with van der Waals surface area (Å²) in [4.78, 5) is 25.1. The Bertz CT molecular complexity index is 467. The molecule has 1 fully saturated rings. The number of carbonyl (C=O) groups excluding carboxylic acids is 2. The largest absolute Gasteiger partial charge is 0.368 e. The van der Waals surface area contributed by atoms with Crippen molar-refractivity contribution < 1.29 is 9.59 Å². The Balaban J connectivity index is 0.00000200. The first-order valence-corrected chi connectivity index (χ1v) is 6.49. The van der Waals surface area contributed by atoms with Crippen LogP contribution in [-0.4, -0.2) is 35.3 Å². The molecule has 1 aromatic rings. The summed E-state index contributed by atoms with van der Waals surface area (Å²) in [5, 5.41) is 0. The number of nitrogens with zero attached hydrogens (tertiary/aromatic N) is 1. The maximum Gasteiger partial charge on any atom is 0.240 e. The third kappa shape index (κ3) is 3.71. The number of hydrogen-bond acceptors (Lipinski definition) is 3. The minimum absolute atomic E-state index is 0. The minimum atomic E-state index is -0.623. The standard InChI is InChI=1S/C14H19N3O2.ClH/c15-11(9-10-5-2-1-3-6-10)14(19)17-8-4-7-12(17)13(16)18;/h1-3,5-6,11-12H,4,7-9,15H2,(H2,16,18);1H/t11-,12-;/m0./s1. The molecule has 0 radical (unpaired) electrons. The van der Waals surface area contributed by atoms with E-state index < -0.39 is 18.0 Å². The molecule has 2 amide bonds. The van der Waals surface area contributed by atoms with E-state index >= 15 is 0 Å². The Kier molecular flexibility index (Phi) is 5.98. The highest BCUT2D eigenvalue weighted by Gasteiger charge is 2.34. The molecule has 2 atom stereocenters. The van der Waals surface area contributed by atoms with Crippen LogP contribution in [0.5, 0.6) is 0 Å². The van der Waals surface area contributed by atoms with Gasteiger partial charge >= 0.3 is 0 Å². The number of amides is 2. The molecule has 1 aliphatic heterocycles. The molecule has 0 bridgehead atoms. The highest BCUT2D eigenvalue weighted by atomic mass is 35.5. The van der Waals surface area contributed by atoms with Crippen molar-refractivity contribution in [2.75, 3.05) is 6.54 Å². The molecule has 110 valence electrons. The summed E-state index contributed by atoms with van der Waals surface area (Å²) in [6, 6.07) is 8.49. The summed E-state index contributed by atoms with van der Waals surface area (Å²) < 4.78 is 0. The van der Waals surface area contributed by atoms with E-state index in [4.69, 9.17) is 11.5 Å². The first-order chi connectivity index (χ1) is 9.09. The molecule has 0 aromatic heterocycles. The van der Waals surface area contributed by atoms with Gasteiger partial charge in [0, 0.05) is 6.54 Å². The van der Waals surface area contributed by atoms with Crippen LogP contribution in [0.1, 0.15) is 18.4 Å². The topological polar surface area (TPSA) is 89.4 Å². The average Bonchev–Trinajstić information content (AvgIpc) is 2.88. The fourth-order valence-corrected chi connectivity index (χ4v) is 2.49.